The molecule has 0 aliphatic carbocycles. The first-order chi connectivity index (χ1) is 18.4. The van der Waals surface area contributed by atoms with E-state index < -0.39 is 17.1 Å². The number of nitrogens with one attached hydrogen (secondary N) is 1. The fraction of sp³-hybridized carbons (Fsp3) is 0.296. The third-order valence-corrected chi connectivity index (χ3v) is 7.48. The predicted octanol–water partition coefficient (Wildman–Crippen LogP) is 4.33. The molecule has 1 saturated heterocycles. The minimum atomic E-state index is -0.672. The maximum absolute atomic E-state index is 13.1. The van der Waals surface area contributed by atoms with Crippen LogP contribution in [-0.4, -0.2) is 51.8 Å². The lowest BCUT2D eigenvalue weighted by Gasteiger charge is -2.23. The summed E-state index contributed by atoms with van der Waals surface area (Å²) in [6.07, 6.45) is 3.21. The van der Waals surface area contributed by atoms with Crippen LogP contribution in [0.2, 0.25) is 0 Å². The van der Waals surface area contributed by atoms with Crippen molar-refractivity contribution in [3.63, 3.8) is 0 Å². The van der Waals surface area contributed by atoms with Crippen LogP contribution in [0.15, 0.2) is 73.1 Å². The Morgan fingerprint density at radius 2 is 1.74 bits per heavy atom. The van der Waals surface area contributed by atoms with Crippen molar-refractivity contribution in [2.24, 2.45) is 0 Å². The quantitative estimate of drug-likeness (QED) is 0.300. The van der Waals surface area contributed by atoms with E-state index in [2.05, 4.69) is 10.3 Å². The van der Waals surface area contributed by atoms with Gasteiger partial charge in [0.05, 0.1) is 12.0 Å². The minimum absolute atomic E-state index is 0.0396. The van der Waals surface area contributed by atoms with E-state index in [0.717, 1.165) is 22.6 Å². The molecule has 38 heavy (non-hydrogen) atoms. The van der Waals surface area contributed by atoms with Gasteiger partial charge in [-0.2, -0.15) is 11.8 Å². The molecule has 11 heteroatoms. The summed E-state index contributed by atoms with van der Waals surface area (Å²) >= 11 is 1.68. The largest absolute Gasteiger partial charge is 0.497 e. The number of amides is 2. The van der Waals surface area contributed by atoms with Crippen molar-refractivity contribution < 1.29 is 24.0 Å². The molecule has 3 aromatic rings. The van der Waals surface area contributed by atoms with E-state index in [1.165, 1.54) is 17.0 Å². The van der Waals surface area contributed by atoms with E-state index in [0.29, 0.717) is 25.1 Å². The number of rotatable bonds is 10. The molecule has 0 saturated carbocycles. The smallest absolute Gasteiger partial charge is 0.410 e. The Morgan fingerprint density at radius 1 is 1.05 bits per heavy atom. The van der Waals surface area contributed by atoms with E-state index in [1.807, 2.05) is 36.4 Å². The Hall–Kier alpha value is -4.12. The Bertz CT molecular complexity index is 1240. The van der Waals surface area contributed by atoms with E-state index in [-0.39, 0.29) is 23.5 Å². The van der Waals surface area contributed by atoms with Gasteiger partial charge in [0.1, 0.15) is 18.4 Å². The van der Waals surface area contributed by atoms with Crippen molar-refractivity contribution in [2.45, 2.75) is 36.6 Å². The molecule has 1 fully saturated rings. The monoisotopic (exact) mass is 536 g/mol. The summed E-state index contributed by atoms with van der Waals surface area (Å²) in [5.41, 5.74) is 2.60. The number of hydrogen-bond donors (Lipinski definition) is 1. The molecule has 2 heterocycles. The zero-order chi connectivity index (χ0) is 26.9. The molecule has 1 aromatic heterocycles. The van der Waals surface area contributed by atoms with Crippen molar-refractivity contribution in [1.29, 1.82) is 0 Å². The number of non-ortho nitro benzene ring substituents is 1. The van der Waals surface area contributed by atoms with Gasteiger partial charge in [-0.1, -0.05) is 12.1 Å². The molecule has 1 aliphatic heterocycles. The van der Waals surface area contributed by atoms with Crippen LogP contribution in [0.25, 0.3) is 0 Å². The second-order valence-corrected chi connectivity index (χ2v) is 10.0. The number of methoxy groups -OCH3 is 1. The molecule has 198 valence electrons. The average Bonchev–Trinajstić information content (AvgIpc) is 3.39. The van der Waals surface area contributed by atoms with Crippen molar-refractivity contribution in [3.8, 4) is 5.75 Å². The van der Waals surface area contributed by atoms with Crippen LogP contribution in [0.5, 0.6) is 5.75 Å². The van der Waals surface area contributed by atoms with Gasteiger partial charge in [0.15, 0.2) is 0 Å². The maximum Gasteiger partial charge on any atom is 0.410 e. The highest BCUT2D eigenvalue weighted by Crippen LogP contribution is 2.31. The lowest BCUT2D eigenvalue weighted by molar-refractivity contribution is -0.384. The van der Waals surface area contributed by atoms with Gasteiger partial charge in [0, 0.05) is 48.6 Å². The van der Waals surface area contributed by atoms with Crippen LogP contribution < -0.4 is 10.1 Å². The first-order valence-electron chi connectivity index (χ1n) is 12.0. The first kappa shape index (κ1) is 26.9. The molecular weight excluding hydrogens is 508 g/mol. The summed E-state index contributed by atoms with van der Waals surface area (Å²) in [5.74, 6) is 1.26. The van der Waals surface area contributed by atoms with Gasteiger partial charge in [-0.15, -0.1) is 0 Å². The molecule has 0 bridgehead atoms. The van der Waals surface area contributed by atoms with Gasteiger partial charge >= 0.3 is 6.09 Å². The van der Waals surface area contributed by atoms with E-state index in [4.69, 9.17) is 9.47 Å². The topological polar surface area (TPSA) is 124 Å². The molecule has 1 N–H and O–H groups in total. The molecule has 0 spiro atoms. The van der Waals surface area contributed by atoms with Gasteiger partial charge in [0.25, 0.3) is 5.69 Å². The third-order valence-electron chi connectivity index (χ3n) is 6.17. The fourth-order valence-electron chi connectivity index (χ4n) is 4.05. The number of likely N-dealkylation sites (tertiary alicyclic amines) is 1. The average molecular weight is 537 g/mol. The second-order valence-electron chi connectivity index (χ2n) is 8.74. The van der Waals surface area contributed by atoms with Crippen molar-refractivity contribution in [2.75, 3.05) is 13.7 Å². The molecule has 10 nitrogen and oxygen atoms in total. The number of pyridine rings is 1. The first-order valence-corrected chi connectivity index (χ1v) is 13.1. The summed E-state index contributed by atoms with van der Waals surface area (Å²) in [4.78, 5) is 42.0. The van der Waals surface area contributed by atoms with Gasteiger partial charge in [-0.3, -0.25) is 24.8 Å². The number of nitrogens with zero attached hydrogens (tertiary/aromatic N) is 3. The van der Waals surface area contributed by atoms with Gasteiger partial charge in [0.2, 0.25) is 5.91 Å². The maximum atomic E-state index is 13.1. The Labute approximate surface area is 224 Å². The lowest BCUT2D eigenvalue weighted by atomic mass is 10.2. The highest BCUT2D eigenvalue weighted by Gasteiger charge is 2.40. The summed E-state index contributed by atoms with van der Waals surface area (Å²) in [6.45, 7) is 0.642. The van der Waals surface area contributed by atoms with E-state index in [9.17, 15) is 19.7 Å². The normalized spacial score (nSPS) is 16.6. The molecule has 2 atom stereocenters. The zero-order valence-corrected chi connectivity index (χ0v) is 21.6. The SMILES string of the molecule is COc1ccc(CS[C@H]2C[C@@H](C(=O)NCc3ccncc3)N(C(=O)OCc3ccc([N+](=O)[O-])cc3)C2)cc1. The number of hydrogen-bond acceptors (Lipinski definition) is 8. The fourth-order valence-corrected chi connectivity index (χ4v) is 5.26. The zero-order valence-electron chi connectivity index (χ0n) is 20.8. The Kier molecular flexibility index (Phi) is 9.15. The number of carbonyl (C=O) groups excluding carboxylic acids is 2. The van der Waals surface area contributed by atoms with Gasteiger partial charge < -0.3 is 14.8 Å². The third kappa shape index (κ3) is 7.22. The number of ether oxygens (including phenoxy) is 2. The highest BCUT2D eigenvalue weighted by atomic mass is 32.2. The van der Waals surface area contributed by atoms with Crippen LogP contribution in [0, 0.1) is 10.1 Å². The summed E-state index contributed by atoms with van der Waals surface area (Å²) in [7, 11) is 1.62. The molecule has 2 amide bonds. The number of thioether (sulfide) groups is 1. The Morgan fingerprint density at radius 3 is 2.39 bits per heavy atom. The van der Waals surface area contributed by atoms with Gasteiger partial charge in [-0.25, -0.2) is 4.79 Å². The number of benzene rings is 2. The minimum Gasteiger partial charge on any atom is -0.497 e. The molecule has 4 rings (SSSR count). The molecule has 1 aliphatic rings. The standard InChI is InChI=1S/C27H28N4O6S/c1-36-23-8-4-21(5-9-23)18-38-24-14-25(26(32)29-15-19-10-12-28-13-11-19)30(16-24)27(33)37-17-20-2-6-22(7-3-20)31(34)35/h2-13,24-25H,14-18H2,1H3,(H,29,32)/t24-,25-/m0/s1. The van der Waals surface area contributed by atoms with Gasteiger partial charge in [-0.05, 0) is 59.5 Å². The number of nitro groups is 1. The molecule has 0 unspecified atom stereocenters. The van der Waals surface area contributed by atoms with Crippen LogP contribution in [-0.2, 0) is 28.4 Å². The molecule has 0 radical (unpaired) electrons. The van der Waals surface area contributed by atoms with E-state index in [1.54, 1.807) is 43.4 Å². The molecule has 2 aromatic carbocycles. The van der Waals surface area contributed by atoms with E-state index >= 15 is 0 Å². The van der Waals surface area contributed by atoms with Crippen LogP contribution >= 0.6 is 11.8 Å². The predicted molar refractivity (Wildman–Crippen MR) is 143 cm³/mol. The van der Waals surface area contributed by atoms with Crippen molar-refractivity contribution in [3.05, 3.63) is 99.9 Å². The number of carbonyl (C=O) groups is 2. The van der Waals surface area contributed by atoms with Crippen LogP contribution in [0.3, 0.4) is 0 Å². The van der Waals surface area contributed by atoms with Crippen molar-refractivity contribution in [1.82, 2.24) is 15.2 Å². The number of nitro benzene ring substituents is 1. The molecular formula is C27H28N4O6S. The summed E-state index contributed by atoms with van der Waals surface area (Å²) < 4.78 is 10.7. The highest BCUT2D eigenvalue weighted by molar-refractivity contribution is 7.99. The van der Waals surface area contributed by atoms with Crippen LogP contribution in [0.4, 0.5) is 10.5 Å². The van der Waals surface area contributed by atoms with Crippen LogP contribution in [0.1, 0.15) is 23.1 Å². The summed E-state index contributed by atoms with van der Waals surface area (Å²) in [5, 5.41) is 13.8. The second kappa shape index (κ2) is 12.9. The van der Waals surface area contributed by atoms with Crippen molar-refractivity contribution >= 4 is 29.4 Å². The Balaban J connectivity index is 1.39. The lowest BCUT2D eigenvalue weighted by Crippen LogP contribution is -2.45. The number of aromatic nitrogens is 1. The summed E-state index contributed by atoms with van der Waals surface area (Å²) in [6, 6.07) is 16.6.